The molecule has 13 heavy (non-hydrogen) atoms. The summed E-state index contributed by atoms with van der Waals surface area (Å²) in [6.45, 7) is 3.66. The molecule has 0 spiro atoms. The van der Waals surface area contributed by atoms with Gasteiger partial charge in [0.25, 0.3) is 0 Å². The molecule has 0 aliphatic carbocycles. The van der Waals surface area contributed by atoms with Gasteiger partial charge in [-0.2, -0.15) is 4.68 Å². The molecular formula is C8H7N5. The minimum absolute atomic E-state index is 0.683. The molecule has 0 saturated carbocycles. The molecule has 0 atom stereocenters. The predicted molar refractivity (Wildman–Crippen MR) is 47.0 cm³/mol. The van der Waals surface area contributed by atoms with Crippen LogP contribution >= 0.6 is 0 Å². The van der Waals surface area contributed by atoms with Crippen LogP contribution in [0.5, 0.6) is 0 Å². The van der Waals surface area contributed by atoms with Gasteiger partial charge in [0.2, 0.25) is 0 Å². The zero-order chi connectivity index (χ0) is 9.10. The molecule has 0 aliphatic heterocycles. The molecule has 0 aliphatic rings. The van der Waals surface area contributed by atoms with Crippen molar-refractivity contribution in [2.24, 2.45) is 0 Å². The molecule has 64 valence electrons. The Balaban J connectivity index is 2.47. The second-order valence-corrected chi connectivity index (χ2v) is 2.41. The van der Waals surface area contributed by atoms with E-state index in [1.165, 1.54) is 11.0 Å². The van der Waals surface area contributed by atoms with E-state index in [0.29, 0.717) is 5.82 Å². The lowest BCUT2D eigenvalue weighted by Gasteiger charge is -1.98. The molecule has 0 amide bonds. The Bertz CT molecular complexity index is 406. The highest BCUT2D eigenvalue weighted by Crippen LogP contribution is 2.05. The highest BCUT2D eigenvalue weighted by Gasteiger charge is 1.98. The second kappa shape index (κ2) is 3.14. The summed E-state index contributed by atoms with van der Waals surface area (Å²) in [5, 5.41) is 10.8. The fraction of sp³-hybridized carbons (Fsp3) is 0. The summed E-state index contributed by atoms with van der Waals surface area (Å²) >= 11 is 0. The van der Waals surface area contributed by atoms with Crippen LogP contribution in [-0.2, 0) is 0 Å². The third-order valence-corrected chi connectivity index (χ3v) is 1.59. The van der Waals surface area contributed by atoms with Gasteiger partial charge in [0.1, 0.15) is 6.33 Å². The lowest BCUT2D eigenvalue weighted by atomic mass is 10.2. The predicted octanol–water partition coefficient (Wildman–Crippen LogP) is 0.700. The summed E-state index contributed by atoms with van der Waals surface area (Å²) in [5.74, 6) is 0.683. The van der Waals surface area contributed by atoms with Crippen LogP contribution in [0.3, 0.4) is 0 Å². The molecule has 2 aromatic heterocycles. The maximum absolute atomic E-state index is 4.10. The monoisotopic (exact) mass is 173 g/mol. The molecule has 0 unspecified atom stereocenters. The SMILES string of the molecule is C=Cc1ccnc(-n2cnnn2)c1. The smallest absolute Gasteiger partial charge is 0.157 e. The number of hydrogen-bond donors (Lipinski definition) is 0. The molecule has 0 N–H and O–H groups in total. The number of tetrazole rings is 1. The van der Waals surface area contributed by atoms with E-state index in [9.17, 15) is 0 Å². The Morgan fingerprint density at radius 2 is 2.38 bits per heavy atom. The Kier molecular flexibility index (Phi) is 1.84. The van der Waals surface area contributed by atoms with Crippen LogP contribution in [0.1, 0.15) is 5.56 Å². The van der Waals surface area contributed by atoms with Crippen molar-refractivity contribution in [3.8, 4) is 5.82 Å². The van der Waals surface area contributed by atoms with Gasteiger partial charge in [-0.05, 0) is 28.1 Å². The first kappa shape index (κ1) is 7.60. The van der Waals surface area contributed by atoms with Crippen molar-refractivity contribution in [1.82, 2.24) is 25.2 Å². The van der Waals surface area contributed by atoms with Crippen molar-refractivity contribution in [2.75, 3.05) is 0 Å². The Morgan fingerprint density at radius 1 is 1.46 bits per heavy atom. The Morgan fingerprint density at radius 3 is 3.08 bits per heavy atom. The molecule has 0 bridgehead atoms. The van der Waals surface area contributed by atoms with Crippen LogP contribution in [0.4, 0.5) is 0 Å². The van der Waals surface area contributed by atoms with E-state index in [0.717, 1.165) is 5.56 Å². The summed E-state index contributed by atoms with van der Waals surface area (Å²) in [6.07, 6.45) is 4.93. The van der Waals surface area contributed by atoms with Gasteiger partial charge >= 0.3 is 0 Å². The maximum atomic E-state index is 4.10. The number of hydrogen-bond acceptors (Lipinski definition) is 4. The number of nitrogens with zero attached hydrogens (tertiary/aromatic N) is 5. The maximum Gasteiger partial charge on any atom is 0.157 e. The average molecular weight is 173 g/mol. The average Bonchev–Trinajstić information content (AvgIpc) is 2.71. The molecule has 2 aromatic rings. The van der Waals surface area contributed by atoms with Crippen LogP contribution in [0.25, 0.3) is 11.9 Å². The molecule has 2 heterocycles. The third-order valence-electron chi connectivity index (χ3n) is 1.59. The number of aromatic nitrogens is 5. The van der Waals surface area contributed by atoms with E-state index >= 15 is 0 Å². The van der Waals surface area contributed by atoms with Gasteiger partial charge in [0.05, 0.1) is 0 Å². The second-order valence-electron chi connectivity index (χ2n) is 2.41. The summed E-state index contributed by atoms with van der Waals surface area (Å²) < 4.78 is 1.49. The molecule has 0 saturated heterocycles. The minimum atomic E-state index is 0.683. The van der Waals surface area contributed by atoms with Crippen molar-refractivity contribution in [2.45, 2.75) is 0 Å². The quantitative estimate of drug-likeness (QED) is 0.670. The van der Waals surface area contributed by atoms with Crippen molar-refractivity contribution in [3.63, 3.8) is 0 Å². The number of pyridine rings is 1. The molecule has 5 heteroatoms. The van der Waals surface area contributed by atoms with Gasteiger partial charge in [-0.1, -0.05) is 12.7 Å². The highest BCUT2D eigenvalue weighted by molar-refractivity contribution is 5.48. The number of rotatable bonds is 2. The van der Waals surface area contributed by atoms with Gasteiger partial charge in [-0.3, -0.25) is 0 Å². The lowest BCUT2D eigenvalue weighted by molar-refractivity contribution is 0.771. The third kappa shape index (κ3) is 1.44. The first-order valence-electron chi connectivity index (χ1n) is 3.72. The summed E-state index contributed by atoms with van der Waals surface area (Å²) in [7, 11) is 0. The largest absolute Gasteiger partial charge is 0.237 e. The topological polar surface area (TPSA) is 56.5 Å². The van der Waals surface area contributed by atoms with E-state index < -0.39 is 0 Å². The van der Waals surface area contributed by atoms with E-state index in [1.807, 2.05) is 12.1 Å². The van der Waals surface area contributed by atoms with Crippen LogP contribution < -0.4 is 0 Å². The molecule has 0 radical (unpaired) electrons. The van der Waals surface area contributed by atoms with Gasteiger partial charge in [-0.25, -0.2) is 4.98 Å². The van der Waals surface area contributed by atoms with Crippen LogP contribution in [0.2, 0.25) is 0 Å². The summed E-state index contributed by atoms with van der Waals surface area (Å²) in [6, 6.07) is 3.71. The molecule has 2 rings (SSSR count). The van der Waals surface area contributed by atoms with E-state index in [4.69, 9.17) is 0 Å². The van der Waals surface area contributed by atoms with Crippen LogP contribution in [0, 0.1) is 0 Å². The molecular weight excluding hydrogens is 166 g/mol. The van der Waals surface area contributed by atoms with Gasteiger partial charge < -0.3 is 0 Å². The fourth-order valence-electron chi connectivity index (χ4n) is 0.953. The molecule has 0 aromatic carbocycles. The van der Waals surface area contributed by atoms with Gasteiger partial charge in [-0.15, -0.1) is 5.10 Å². The summed E-state index contributed by atoms with van der Waals surface area (Å²) in [5.41, 5.74) is 0.987. The van der Waals surface area contributed by atoms with E-state index in [-0.39, 0.29) is 0 Å². The first-order chi connectivity index (χ1) is 6.40. The van der Waals surface area contributed by atoms with Crippen LogP contribution in [-0.4, -0.2) is 25.2 Å². The molecule has 0 fully saturated rings. The van der Waals surface area contributed by atoms with Crippen LogP contribution in [0.15, 0.2) is 31.2 Å². The zero-order valence-corrected chi connectivity index (χ0v) is 6.83. The minimum Gasteiger partial charge on any atom is -0.237 e. The standard InChI is InChI=1S/C8H7N5/c1-2-7-3-4-9-8(5-7)13-6-10-11-12-13/h2-6H,1H2. The Hall–Kier alpha value is -2.04. The first-order valence-corrected chi connectivity index (χ1v) is 3.72. The summed E-state index contributed by atoms with van der Waals surface area (Å²) in [4.78, 5) is 4.10. The zero-order valence-electron chi connectivity index (χ0n) is 6.83. The van der Waals surface area contributed by atoms with Crippen molar-refractivity contribution < 1.29 is 0 Å². The molecule has 5 nitrogen and oxygen atoms in total. The Labute approximate surface area is 74.7 Å². The highest BCUT2D eigenvalue weighted by atomic mass is 15.5. The van der Waals surface area contributed by atoms with Crippen molar-refractivity contribution >= 4 is 6.08 Å². The van der Waals surface area contributed by atoms with Crippen molar-refractivity contribution in [3.05, 3.63) is 36.8 Å². The lowest BCUT2D eigenvalue weighted by Crippen LogP contribution is -1.98. The van der Waals surface area contributed by atoms with Gasteiger partial charge in [0, 0.05) is 6.20 Å². The van der Waals surface area contributed by atoms with Gasteiger partial charge in [0.15, 0.2) is 5.82 Å². The normalized spacial score (nSPS) is 9.85. The van der Waals surface area contributed by atoms with E-state index in [1.54, 1.807) is 12.3 Å². The van der Waals surface area contributed by atoms with Crippen molar-refractivity contribution in [1.29, 1.82) is 0 Å². The fourth-order valence-corrected chi connectivity index (χ4v) is 0.953. The van der Waals surface area contributed by atoms with E-state index in [2.05, 4.69) is 27.1 Å².